The molecule has 0 aromatic carbocycles. The number of amides is 1. The molecule has 4 aromatic heterocycles. The van der Waals surface area contributed by atoms with Crippen LogP contribution < -0.4 is 15.3 Å². The van der Waals surface area contributed by atoms with E-state index in [4.69, 9.17) is 4.74 Å². The van der Waals surface area contributed by atoms with Crippen molar-refractivity contribution in [2.24, 2.45) is 0 Å². The van der Waals surface area contributed by atoms with Crippen molar-refractivity contribution in [2.45, 2.75) is 46.1 Å². The molecule has 1 atom stereocenters. The van der Waals surface area contributed by atoms with Gasteiger partial charge in [0.15, 0.2) is 17.3 Å². The van der Waals surface area contributed by atoms with Gasteiger partial charge >= 0.3 is 5.69 Å². The zero-order valence-electron chi connectivity index (χ0n) is 22.1. The van der Waals surface area contributed by atoms with Gasteiger partial charge in [-0.3, -0.25) is 9.78 Å². The van der Waals surface area contributed by atoms with E-state index in [1.807, 2.05) is 25.7 Å². The zero-order valence-corrected chi connectivity index (χ0v) is 22.1. The summed E-state index contributed by atoms with van der Waals surface area (Å²) in [5.41, 5.74) is 1.27. The SMILES string of the molecule is CC(=O)N1CCN(c2nc(=O)n3c4nc(c(F)cc24)-n2nncc2CCOc2ccnc(C(C)C)c2-3)[C@@H](C)C1. The molecule has 12 nitrogen and oxygen atoms in total. The van der Waals surface area contributed by atoms with E-state index in [0.29, 0.717) is 60.1 Å². The average Bonchev–Trinajstić information content (AvgIpc) is 3.35. The lowest BCUT2D eigenvalue weighted by Gasteiger charge is -2.40. The Kier molecular flexibility index (Phi) is 6.00. The number of anilines is 1. The first-order valence-corrected chi connectivity index (χ1v) is 12.9. The van der Waals surface area contributed by atoms with Crippen LogP contribution in [0.25, 0.3) is 22.5 Å². The third kappa shape index (κ3) is 4.08. The number of rotatable bonds is 2. The van der Waals surface area contributed by atoms with Crippen LogP contribution >= 0.6 is 0 Å². The lowest BCUT2D eigenvalue weighted by molar-refractivity contribution is -0.129. The normalized spacial score (nSPS) is 17.1. The first-order chi connectivity index (χ1) is 18.7. The second kappa shape index (κ2) is 9.40. The smallest absolute Gasteiger partial charge is 0.356 e. The Morgan fingerprint density at radius 3 is 2.77 bits per heavy atom. The van der Waals surface area contributed by atoms with E-state index in [2.05, 4.69) is 25.3 Å². The lowest BCUT2D eigenvalue weighted by atomic mass is 10.1. The van der Waals surface area contributed by atoms with Crippen molar-refractivity contribution in [1.82, 2.24) is 39.4 Å². The van der Waals surface area contributed by atoms with Gasteiger partial charge in [0.2, 0.25) is 5.91 Å². The van der Waals surface area contributed by atoms with Crippen molar-refractivity contribution in [3.8, 4) is 17.3 Å². The van der Waals surface area contributed by atoms with E-state index < -0.39 is 11.5 Å². The van der Waals surface area contributed by atoms with Crippen LogP contribution in [-0.2, 0) is 11.2 Å². The summed E-state index contributed by atoms with van der Waals surface area (Å²) in [6.07, 6.45) is 3.57. The topological polar surface area (TPSA) is 124 Å². The Morgan fingerprint density at radius 2 is 2.03 bits per heavy atom. The number of pyridine rings is 2. The van der Waals surface area contributed by atoms with E-state index in [1.165, 1.54) is 22.2 Å². The monoisotopic (exact) mass is 533 g/mol. The highest BCUT2D eigenvalue weighted by Crippen LogP contribution is 2.35. The third-order valence-electron chi connectivity index (χ3n) is 7.25. The Bertz CT molecular complexity index is 1660. The van der Waals surface area contributed by atoms with E-state index in [0.717, 1.165) is 0 Å². The molecule has 1 fully saturated rings. The summed E-state index contributed by atoms with van der Waals surface area (Å²) in [5.74, 6) is -0.0304. The van der Waals surface area contributed by atoms with Gasteiger partial charge in [-0.1, -0.05) is 19.1 Å². The average molecular weight is 534 g/mol. The van der Waals surface area contributed by atoms with Crippen LogP contribution in [0.4, 0.5) is 10.2 Å². The molecule has 6 heterocycles. The molecule has 1 amide bonds. The maximum Gasteiger partial charge on any atom is 0.356 e. The minimum absolute atomic E-state index is 0.0217. The quantitative estimate of drug-likeness (QED) is 0.381. The fraction of sp³-hybridized carbons (Fsp3) is 0.423. The maximum absolute atomic E-state index is 15.8. The number of hydrogen-bond donors (Lipinski definition) is 0. The first-order valence-electron chi connectivity index (χ1n) is 12.9. The molecule has 2 bridgehead atoms. The Hall–Kier alpha value is -4.42. The molecule has 2 aliphatic heterocycles. The van der Waals surface area contributed by atoms with Crippen molar-refractivity contribution in [3.05, 3.63) is 52.2 Å². The Labute approximate surface area is 223 Å². The summed E-state index contributed by atoms with van der Waals surface area (Å²) in [6, 6.07) is 2.88. The van der Waals surface area contributed by atoms with Gasteiger partial charge in [-0.05, 0) is 18.9 Å². The maximum atomic E-state index is 15.8. The largest absolute Gasteiger partial charge is 0.491 e. The molecule has 1 saturated heterocycles. The minimum Gasteiger partial charge on any atom is -0.491 e. The molecule has 4 aromatic rings. The van der Waals surface area contributed by atoms with Gasteiger partial charge in [-0.15, -0.1) is 5.10 Å². The summed E-state index contributed by atoms with van der Waals surface area (Å²) in [7, 11) is 0. The second-order valence-corrected chi connectivity index (χ2v) is 10.2. The molecule has 202 valence electrons. The summed E-state index contributed by atoms with van der Waals surface area (Å²) in [6.45, 7) is 9.00. The fourth-order valence-corrected chi connectivity index (χ4v) is 5.31. The number of carbonyl (C=O) groups excluding carboxylic acids is 1. The number of nitrogens with zero attached hydrogens (tertiary/aromatic N) is 9. The number of ether oxygens (including phenoxy) is 1. The van der Waals surface area contributed by atoms with E-state index in [9.17, 15) is 9.59 Å². The van der Waals surface area contributed by atoms with E-state index >= 15 is 4.39 Å². The minimum atomic E-state index is -0.631. The number of hydrogen-bond acceptors (Lipinski definition) is 9. The van der Waals surface area contributed by atoms with Crippen molar-refractivity contribution < 1.29 is 13.9 Å². The number of aromatic nitrogens is 7. The molecule has 6 rings (SSSR count). The number of piperazine rings is 1. The van der Waals surface area contributed by atoms with Crippen molar-refractivity contribution in [2.75, 3.05) is 31.1 Å². The molecular weight excluding hydrogens is 505 g/mol. The van der Waals surface area contributed by atoms with Crippen LogP contribution in [0.5, 0.6) is 5.75 Å². The number of fused-ring (bicyclic) bond motifs is 5. The predicted molar refractivity (Wildman–Crippen MR) is 140 cm³/mol. The Balaban J connectivity index is 1.68. The molecule has 0 spiro atoms. The van der Waals surface area contributed by atoms with Crippen molar-refractivity contribution in [1.29, 1.82) is 0 Å². The molecule has 0 saturated carbocycles. The van der Waals surface area contributed by atoms with Gasteiger partial charge in [-0.2, -0.15) is 9.67 Å². The molecule has 39 heavy (non-hydrogen) atoms. The standard InChI is InChI=1S/C26H28FN9O3/c1-14(2)21-22-20(5-7-28-21)39-10-6-17-12-29-32-36(17)25-19(27)11-18-23(31-26(38)35(22)24(18)30-25)34-9-8-33(16(4)37)13-15(34)3/h5,7,11-12,14-15H,6,8-10,13H2,1-4H3/t15-/m0/s1. The predicted octanol–water partition coefficient (Wildman–Crippen LogP) is 2.01. The van der Waals surface area contributed by atoms with Crippen LogP contribution in [0.2, 0.25) is 0 Å². The highest BCUT2D eigenvalue weighted by Gasteiger charge is 2.31. The summed E-state index contributed by atoms with van der Waals surface area (Å²) < 4.78 is 24.6. The molecule has 0 aliphatic carbocycles. The molecule has 0 unspecified atom stereocenters. The van der Waals surface area contributed by atoms with E-state index in [-0.39, 0.29) is 35.9 Å². The highest BCUT2D eigenvalue weighted by molar-refractivity contribution is 5.89. The summed E-state index contributed by atoms with van der Waals surface area (Å²) in [4.78, 5) is 43.3. The summed E-state index contributed by atoms with van der Waals surface area (Å²) in [5, 5.41) is 8.37. The molecule has 2 aliphatic rings. The van der Waals surface area contributed by atoms with Crippen LogP contribution in [0.1, 0.15) is 45.0 Å². The van der Waals surface area contributed by atoms with Crippen LogP contribution in [0.15, 0.2) is 29.3 Å². The van der Waals surface area contributed by atoms with Gasteiger partial charge in [0.25, 0.3) is 0 Å². The van der Waals surface area contributed by atoms with Crippen molar-refractivity contribution >= 4 is 22.8 Å². The van der Waals surface area contributed by atoms with Gasteiger partial charge in [-0.25, -0.2) is 18.7 Å². The molecule has 0 radical (unpaired) electrons. The van der Waals surface area contributed by atoms with E-state index in [1.54, 1.807) is 23.4 Å². The van der Waals surface area contributed by atoms with Gasteiger partial charge in [0.1, 0.15) is 17.3 Å². The van der Waals surface area contributed by atoms with Crippen LogP contribution in [-0.4, -0.2) is 77.6 Å². The Morgan fingerprint density at radius 1 is 1.21 bits per heavy atom. The summed E-state index contributed by atoms with van der Waals surface area (Å²) >= 11 is 0. The van der Waals surface area contributed by atoms with Gasteiger partial charge in [0, 0.05) is 51.3 Å². The van der Waals surface area contributed by atoms with Crippen LogP contribution in [0.3, 0.4) is 0 Å². The fourth-order valence-electron chi connectivity index (χ4n) is 5.31. The third-order valence-corrected chi connectivity index (χ3v) is 7.25. The zero-order chi connectivity index (χ0) is 27.4. The first kappa shape index (κ1) is 24.9. The van der Waals surface area contributed by atoms with Crippen LogP contribution in [0, 0.1) is 5.82 Å². The second-order valence-electron chi connectivity index (χ2n) is 10.2. The number of carbonyl (C=O) groups is 1. The van der Waals surface area contributed by atoms with Crippen molar-refractivity contribution in [3.63, 3.8) is 0 Å². The number of halogens is 1. The highest BCUT2D eigenvalue weighted by atomic mass is 19.1. The molecule has 13 heteroatoms. The molecule has 0 N–H and O–H groups in total. The lowest BCUT2D eigenvalue weighted by Crippen LogP contribution is -2.54. The molecular formula is C26H28FN9O3. The van der Waals surface area contributed by atoms with Gasteiger partial charge < -0.3 is 14.5 Å². The van der Waals surface area contributed by atoms with Gasteiger partial charge in [0.05, 0.1) is 29.6 Å².